The number of nitrogens with one attached hydrogen (secondary N) is 3. The number of rotatable bonds is 14. The van der Waals surface area contributed by atoms with Gasteiger partial charge in [0.05, 0.1) is 18.7 Å². The summed E-state index contributed by atoms with van der Waals surface area (Å²) in [6, 6.07) is 5.67. The van der Waals surface area contributed by atoms with E-state index in [1.165, 1.54) is 6.92 Å². The van der Waals surface area contributed by atoms with E-state index in [0.29, 0.717) is 19.4 Å². The monoisotopic (exact) mass is 451 g/mol. The summed E-state index contributed by atoms with van der Waals surface area (Å²) < 4.78 is 0. The molecule has 0 radical (unpaired) electrons. The van der Waals surface area contributed by atoms with Crippen LogP contribution >= 0.6 is 0 Å². The number of amides is 3. The SMILES string of the molecule is CC(O)C(NC(=O)CNC(=O)C(Cc1ccccc1)NC(=O)C(N)CCCCN)C(=O)O. The van der Waals surface area contributed by atoms with Crippen molar-refractivity contribution in [2.24, 2.45) is 11.5 Å². The number of nitrogens with two attached hydrogens (primary N) is 2. The van der Waals surface area contributed by atoms with Crippen molar-refractivity contribution in [3.63, 3.8) is 0 Å². The third-order valence-electron chi connectivity index (χ3n) is 4.71. The summed E-state index contributed by atoms with van der Waals surface area (Å²) in [5.74, 6) is -3.33. The molecule has 9 N–H and O–H groups in total. The smallest absolute Gasteiger partial charge is 0.328 e. The first kappa shape index (κ1) is 27.0. The molecule has 0 aliphatic heterocycles. The number of carbonyl (C=O) groups is 4. The van der Waals surface area contributed by atoms with E-state index >= 15 is 0 Å². The Kier molecular flexibility index (Phi) is 11.9. The van der Waals surface area contributed by atoms with Crippen molar-refractivity contribution in [2.45, 2.75) is 56.8 Å². The first-order valence-corrected chi connectivity index (χ1v) is 10.4. The summed E-state index contributed by atoms with van der Waals surface area (Å²) in [6.07, 6.45) is 0.669. The molecule has 0 fully saturated rings. The first-order valence-electron chi connectivity index (χ1n) is 10.4. The van der Waals surface area contributed by atoms with Crippen LogP contribution in [0.15, 0.2) is 30.3 Å². The summed E-state index contributed by atoms with van der Waals surface area (Å²) in [5, 5.41) is 25.6. The number of hydrogen-bond donors (Lipinski definition) is 7. The lowest BCUT2D eigenvalue weighted by atomic mass is 10.0. The van der Waals surface area contributed by atoms with E-state index in [4.69, 9.17) is 16.6 Å². The highest BCUT2D eigenvalue weighted by atomic mass is 16.4. The average Bonchev–Trinajstić information content (AvgIpc) is 2.75. The second-order valence-electron chi connectivity index (χ2n) is 7.48. The summed E-state index contributed by atoms with van der Waals surface area (Å²) in [4.78, 5) is 48.2. The van der Waals surface area contributed by atoms with Crippen molar-refractivity contribution in [3.8, 4) is 0 Å². The van der Waals surface area contributed by atoms with Crippen LogP contribution < -0.4 is 27.4 Å². The zero-order valence-electron chi connectivity index (χ0n) is 18.1. The van der Waals surface area contributed by atoms with E-state index in [1.807, 2.05) is 6.07 Å². The fourth-order valence-corrected chi connectivity index (χ4v) is 2.88. The van der Waals surface area contributed by atoms with Crippen molar-refractivity contribution in [2.75, 3.05) is 13.1 Å². The van der Waals surface area contributed by atoms with Gasteiger partial charge in [0.15, 0.2) is 6.04 Å². The molecule has 4 unspecified atom stereocenters. The fourth-order valence-electron chi connectivity index (χ4n) is 2.88. The van der Waals surface area contributed by atoms with Gasteiger partial charge in [-0.2, -0.15) is 0 Å². The van der Waals surface area contributed by atoms with Crippen LogP contribution in [0, 0.1) is 0 Å². The van der Waals surface area contributed by atoms with Gasteiger partial charge >= 0.3 is 5.97 Å². The van der Waals surface area contributed by atoms with Gasteiger partial charge in [0, 0.05) is 6.42 Å². The van der Waals surface area contributed by atoms with E-state index in [1.54, 1.807) is 24.3 Å². The normalized spacial score (nSPS) is 14.5. The van der Waals surface area contributed by atoms with Gasteiger partial charge < -0.3 is 37.6 Å². The van der Waals surface area contributed by atoms with Gasteiger partial charge in [-0.1, -0.05) is 36.8 Å². The molecular formula is C21H33N5O6. The van der Waals surface area contributed by atoms with Gasteiger partial charge in [-0.05, 0) is 31.9 Å². The Hall–Kier alpha value is -3.02. The van der Waals surface area contributed by atoms with Crippen LogP contribution in [0.3, 0.4) is 0 Å². The van der Waals surface area contributed by atoms with Crippen LogP contribution in [0.2, 0.25) is 0 Å². The topological polar surface area (TPSA) is 197 Å². The number of carbonyl (C=O) groups excluding carboxylic acids is 3. The predicted molar refractivity (Wildman–Crippen MR) is 117 cm³/mol. The van der Waals surface area contributed by atoms with E-state index in [9.17, 15) is 24.3 Å². The molecule has 0 aliphatic carbocycles. The number of benzene rings is 1. The molecule has 178 valence electrons. The number of carboxylic acid groups (broad SMARTS) is 1. The van der Waals surface area contributed by atoms with Crippen molar-refractivity contribution in [1.82, 2.24) is 16.0 Å². The first-order chi connectivity index (χ1) is 15.1. The maximum absolute atomic E-state index is 12.7. The van der Waals surface area contributed by atoms with Gasteiger partial charge in [0.2, 0.25) is 17.7 Å². The van der Waals surface area contributed by atoms with Crippen molar-refractivity contribution in [3.05, 3.63) is 35.9 Å². The Bertz CT molecular complexity index is 758. The highest BCUT2D eigenvalue weighted by Crippen LogP contribution is 2.05. The molecule has 0 saturated carbocycles. The van der Waals surface area contributed by atoms with Crippen LogP contribution in [0.4, 0.5) is 0 Å². The summed E-state index contributed by atoms with van der Waals surface area (Å²) in [7, 11) is 0. The fraction of sp³-hybridized carbons (Fsp3) is 0.524. The molecule has 0 bridgehead atoms. The minimum atomic E-state index is -1.51. The molecule has 0 aromatic heterocycles. The molecule has 11 heteroatoms. The Balaban J connectivity index is 2.76. The van der Waals surface area contributed by atoms with Gasteiger partial charge in [0.1, 0.15) is 6.04 Å². The zero-order valence-corrected chi connectivity index (χ0v) is 18.1. The molecule has 0 aliphatic rings. The molecule has 1 aromatic rings. The highest BCUT2D eigenvalue weighted by Gasteiger charge is 2.27. The van der Waals surface area contributed by atoms with Crippen molar-refractivity contribution >= 4 is 23.7 Å². The summed E-state index contributed by atoms with van der Waals surface area (Å²) in [6.45, 7) is 1.19. The maximum atomic E-state index is 12.7. The lowest BCUT2D eigenvalue weighted by Gasteiger charge is -2.21. The molecular weight excluding hydrogens is 418 g/mol. The Morgan fingerprint density at radius 3 is 2.25 bits per heavy atom. The summed E-state index contributed by atoms with van der Waals surface area (Å²) in [5.41, 5.74) is 12.1. The van der Waals surface area contributed by atoms with Gasteiger partial charge in [-0.3, -0.25) is 14.4 Å². The summed E-state index contributed by atoms with van der Waals surface area (Å²) >= 11 is 0. The zero-order chi connectivity index (χ0) is 24.1. The number of aliphatic hydroxyl groups is 1. The lowest BCUT2D eigenvalue weighted by Crippen LogP contribution is -2.55. The number of unbranched alkanes of at least 4 members (excludes halogenated alkanes) is 1. The van der Waals surface area contributed by atoms with Crippen LogP contribution in [0.1, 0.15) is 31.7 Å². The van der Waals surface area contributed by atoms with E-state index in [2.05, 4.69) is 16.0 Å². The van der Waals surface area contributed by atoms with Gasteiger partial charge in [-0.15, -0.1) is 0 Å². The number of carboxylic acids is 1. The average molecular weight is 452 g/mol. The molecule has 11 nitrogen and oxygen atoms in total. The molecule has 0 spiro atoms. The number of aliphatic carboxylic acids is 1. The minimum absolute atomic E-state index is 0.168. The standard InChI is InChI=1S/C21H33N5O6/c1-13(27)18(21(31)32)26-17(28)12-24-20(30)16(11-14-7-3-2-4-8-14)25-19(29)15(23)9-5-6-10-22/h2-4,7-8,13,15-16,18,27H,5-6,9-12,22-23H2,1H3,(H,24,30)(H,25,29)(H,26,28)(H,31,32). The third kappa shape index (κ3) is 9.86. The number of hydrogen-bond acceptors (Lipinski definition) is 7. The van der Waals surface area contributed by atoms with Crippen LogP contribution in [-0.4, -0.2) is 71.2 Å². The molecule has 1 aromatic carbocycles. The Morgan fingerprint density at radius 1 is 1.03 bits per heavy atom. The predicted octanol–water partition coefficient (Wildman–Crippen LogP) is -1.76. The van der Waals surface area contributed by atoms with Gasteiger partial charge in [0.25, 0.3) is 0 Å². The minimum Gasteiger partial charge on any atom is -0.480 e. The Morgan fingerprint density at radius 2 is 1.69 bits per heavy atom. The van der Waals surface area contributed by atoms with E-state index in [-0.39, 0.29) is 6.42 Å². The molecule has 0 heterocycles. The molecule has 3 amide bonds. The van der Waals surface area contributed by atoms with Gasteiger partial charge in [-0.25, -0.2) is 4.79 Å². The third-order valence-corrected chi connectivity index (χ3v) is 4.71. The Labute approximate surface area is 186 Å². The van der Waals surface area contributed by atoms with E-state index < -0.39 is 54.5 Å². The van der Waals surface area contributed by atoms with Crippen molar-refractivity contribution < 1.29 is 29.4 Å². The highest BCUT2D eigenvalue weighted by molar-refractivity contribution is 5.92. The van der Waals surface area contributed by atoms with Crippen LogP contribution in [-0.2, 0) is 25.6 Å². The van der Waals surface area contributed by atoms with Crippen LogP contribution in [0.5, 0.6) is 0 Å². The lowest BCUT2D eigenvalue weighted by molar-refractivity contribution is -0.144. The largest absolute Gasteiger partial charge is 0.480 e. The number of aliphatic hydroxyl groups excluding tert-OH is 1. The molecule has 1 rings (SSSR count). The molecule has 32 heavy (non-hydrogen) atoms. The molecule has 0 saturated heterocycles. The second-order valence-corrected chi connectivity index (χ2v) is 7.48. The van der Waals surface area contributed by atoms with E-state index in [0.717, 1.165) is 12.0 Å². The van der Waals surface area contributed by atoms with Crippen molar-refractivity contribution in [1.29, 1.82) is 0 Å². The second kappa shape index (κ2) is 14.1. The molecule has 4 atom stereocenters. The maximum Gasteiger partial charge on any atom is 0.328 e. The quantitative estimate of drug-likeness (QED) is 0.161. The van der Waals surface area contributed by atoms with Crippen LogP contribution in [0.25, 0.3) is 0 Å².